The van der Waals surface area contributed by atoms with Gasteiger partial charge >= 0.3 is 0 Å². The van der Waals surface area contributed by atoms with Gasteiger partial charge in [0.25, 0.3) is 0 Å². The first-order valence-electron chi connectivity index (χ1n) is 7.24. The summed E-state index contributed by atoms with van der Waals surface area (Å²) >= 11 is 0. The van der Waals surface area contributed by atoms with Gasteiger partial charge in [0.05, 0.1) is 6.10 Å². The van der Waals surface area contributed by atoms with E-state index in [0.717, 1.165) is 18.9 Å². The van der Waals surface area contributed by atoms with Crippen molar-refractivity contribution in [3.63, 3.8) is 0 Å². The van der Waals surface area contributed by atoms with E-state index in [9.17, 15) is 5.11 Å². The van der Waals surface area contributed by atoms with Crippen LogP contribution in [0.3, 0.4) is 0 Å². The maximum Gasteiger partial charge on any atom is 0.0512 e. The minimum atomic E-state index is -0.132. The molecule has 2 unspecified atom stereocenters. The molecule has 3 heteroatoms. The van der Waals surface area contributed by atoms with Crippen molar-refractivity contribution >= 4 is 0 Å². The first-order valence-corrected chi connectivity index (χ1v) is 7.24. The van der Waals surface area contributed by atoms with Crippen molar-refractivity contribution in [2.24, 2.45) is 0 Å². The number of nitrogens with zero attached hydrogens (tertiary/aromatic N) is 2. The van der Waals surface area contributed by atoms with E-state index in [4.69, 9.17) is 0 Å². The summed E-state index contributed by atoms with van der Waals surface area (Å²) in [6.45, 7) is 9.09. The molecule has 3 nitrogen and oxygen atoms in total. The molecule has 1 rings (SSSR count). The zero-order valence-electron chi connectivity index (χ0n) is 11.9. The topological polar surface area (TPSA) is 26.7 Å². The lowest BCUT2D eigenvalue weighted by atomic mass is 10.1. The van der Waals surface area contributed by atoms with Crippen molar-refractivity contribution < 1.29 is 5.11 Å². The lowest BCUT2D eigenvalue weighted by Gasteiger charge is -2.30. The highest BCUT2D eigenvalue weighted by molar-refractivity contribution is 4.77. The van der Waals surface area contributed by atoms with Crippen LogP contribution in [0.2, 0.25) is 0 Å². The molecule has 102 valence electrons. The van der Waals surface area contributed by atoms with Crippen molar-refractivity contribution in [3.05, 3.63) is 0 Å². The Morgan fingerprint density at radius 2 is 2.06 bits per heavy atom. The van der Waals surface area contributed by atoms with Crippen molar-refractivity contribution in [2.45, 2.75) is 58.1 Å². The number of unbranched alkanes of at least 4 members (excludes halogenated alkanes) is 1. The number of hydrogen-bond donors (Lipinski definition) is 1. The van der Waals surface area contributed by atoms with Crippen LogP contribution in [0.1, 0.15) is 46.0 Å². The summed E-state index contributed by atoms with van der Waals surface area (Å²) < 4.78 is 0. The van der Waals surface area contributed by atoms with E-state index in [-0.39, 0.29) is 6.10 Å². The van der Waals surface area contributed by atoms with Gasteiger partial charge in [-0.15, -0.1) is 0 Å². The van der Waals surface area contributed by atoms with Gasteiger partial charge in [0.1, 0.15) is 0 Å². The molecule has 0 spiro atoms. The van der Waals surface area contributed by atoms with Gasteiger partial charge in [0.15, 0.2) is 0 Å². The first kappa shape index (κ1) is 14.9. The molecule has 1 aliphatic heterocycles. The van der Waals surface area contributed by atoms with Crippen LogP contribution < -0.4 is 0 Å². The molecule has 17 heavy (non-hydrogen) atoms. The fourth-order valence-electron chi connectivity index (χ4n) is 2.73. The highest BCUT2D eigenvalue weighted by Crippen LogP contribution is 2.13. The van der Waals surface area contributed by atoms with Crippen molar-refractivity contribution in [3.8, 4) is 0 Å². The van der Waals surface area contributed by atoms with E-state index >= 15 is 0 Å². The molecule has 1 fully saturated rings. The highest BCUT2D eigenvalue weighted by atomic mass is 16.3. The summed E-state index contributed by atoms with van der Waals surface area (Å²) in [5.41, 5.74) is 0. The second-order valence-electron chi connectivity index (χ2n) is 5.56. The Hall–Kier alpha value is -0.120. The van der Waals surface area contributed by atoms with Gasteiger partial charge < -0.3 is 10.0 Å². The summed E-state index contributed by atoms with van der Waals surface area (Å²) in [7, 11) is 2.24. The summed E-state index contributed by atoms with van der Waals surface area (Å²) in [5, 5.41) is 9.25. The number of hydrogen-bond acceptors (Lipinski definition) is 3. The average Bonchev–Trinajstić information content (AvgIpc) is 2.46. The SMILES string of the molecule is CCC1CN(C)CCCN1CCCCC(C)O. The van der Waals surface area contributed by atoms with E-state index in [0.29, 0.717) is 0 Å². The molecule has 1 aliphatic rings. The second-order valence-corrected chi connectivity index (χ2v) is 5.56. The molecule has 0 radical (unpaired) electrons. The van der Waals surface area contributed by atoms with Gasteiger partial charge in [-0.05, 0) is 65.7 Å². The van der Waals surface area contributed by atoms with Gasteiger partial charge in [0.2, 0.25) is 0 Å². The molecule has 1 saturated heterocycles. The molecule has 0 aliphatic carbocycles. The number of likely N-dealkylation sites (N-methyl/N-ethyl adjacent to an activating group) is 1. The molecule has 0 aromatic carbocycles. The molecular weight excluding hydrogens is 212 g/mol. The molecule has 2 atom stereocenters. The lowest BCUT2D eigenvalue weighted by molar-refractivity contribution is 0.163. The largest absolute Gasteiger partial charge is 0.393 e. The standard InChI is InChI=1S/C14H30N2O/c1-4-14-12-15(3)9-7-11-16(14)10-6-5-8-13(2)17/h13-14,17H,4-12H2,1-3H3. The van der Waals surface area contributed by atoms with Crippen LogP contribution in [-0.2, 0) is 0 Å². The Kier molecular flexibility index (Phi) is 7.09. The number of rotatable bonds is 6. The first-order chi connectivity index (χ1) is 8.13. The van der Waals surface area contributed by atoms with E-state index in [2.05, 4.69) is 23.8 Å². The van der Waals surface area contributed by atoms with Crippen LogP contribution in [0.5, 0.6) is 0 Å². The molecular formula is C14H30N2O. The average molecular weight is 242 g/mol. The van der Waals surface area contributed by atoms with Crippen LogP contribution in [0, 0.1) is 0 Å². The Morgan fingerprint density at radius 3 is 2.71 bits per heavy atom. The third-order valence-electron chi connectivity index (χ3n) is 3.81. The van der Waals surface area contributed by atoms with Gasteiger partial charge in [-0.1, -0.05) is 6.92 Å². The monoisotopic (exact) mass is 242 g/mol. The quantitative estimate of drug-likeness (QED) is 0.721. The van der Waals surface area contributed by atoms with Gasteiger partial charge in [-0.3, -0.25) is 4.90 Å². The van der Waals surface area contributed by atoms with Crippen LogP contribution in [0.15, 0.2) is 0 Å². The van der Waals surface area contributed by atoms with Crippen LogP contribution >= 0.6 is 0 Å². The van der Waals surface area contributed by atoms with Gasteiger partial charge in [-0.2, -0.15) is 0 Å². The van der Waals surface area contributed by atoms with E-state index < -0.39 is 0 Å². The predicted octanol–water partition coefficient (Wildman–Crippen LogP) is 1.95. The second kappa shape index (κ2) is 8.06. The number of aliphatic hydroxyl groups is 1. The minimum Gasteiger partial charge on any atom is -0.393 e. The Labute approximate surface area is 107 Å². The summed E-state index contributed by atoms with van der Waals surface area (Å²) in [4.78, 5) is 5.12. The molecule has 0 amide bonds. The van der Waals surface area contributed by atoms with Crippen LogP contribution in [-0.4, -0.2) is 60.3 Å². The minimum absolute atomic E-state index is 0.132. The molecule has 0 aromatic rings. The van der Waals surface area contributed by atoms with Crippen molar-refractivity contribution in [1.82, 2.24) is 9.80 Å². The highest BCUT2D eigenvalue weighted by Gasteiger charge is 2.21. The summed E-state index contributed by atoms with van der Waals surface area (Å²) in [6, 6.07) is 0.731. The maximum absolute atomic E-state index is 9.25. The smallest absolute Gasteiger partial charge is 0.0512 e. The Bertz CT molecular complexity index is 197. The van der Waals surface area contributed by atoms with Crippen LogP contribution in [0.4, 0.5) is 0 Å². The fraction of sp³-hybridized carbons (Fsp3) is 1.00. The zero-order chi connectivity index (χ0) is 12.7. The van der Waals surface area contributed by atoms with Gasteiger partial charge in [0, 0.05) is 12.6 Å². The molecule has 1 heterocycles. The maximum atomic E-state index is 9.25. The molecule has 1 N–H and O–H groups in total. The van der Waals surface area contributed by atoms with E-state index in [1.807, 2.05) is 6.92 Å². The fourth-order valence-corrected chi connectivity index (χ4v) is 2.73. The summed E-state index contributed by atoms with van der Waals surface area (Å²) in [5.74, 6) is 0. The Morgan fingerprint density at radius 1 is 1.29 bits per heavy atom. The van der Waals surface area contributed by atoms with Crippen LogP contribution in [0.25, 0.3) is 0 Å². The molecule has 0 bridgehead atoms. The van der Waals surface area contributed by atoms with E-state index in [1.165, 1.54) is 45.4 Å². The molecule has 0 aromatic heterocycles. The van der Waals surface area contributed by atoms with E-state index in [1.54, 1.807) is 0 Å². The third-order valence-corrected chi connectivity index (χ3v) is 3.81. The normalized spacial score (nSPS) is 25.8. The molecule has 0 saturated carbocycles. The number of aliphatic hydroxyl groups excluding tert-OH is 1. The Balaban J connectivity index is 2.28. The van der Waals surface area contributed by atoms with Gasteiger partial charge in [-0.25, -0.2) is 0 Å². The lowest BCUT2D eigenvalue weighted by Crippen LogP contribution is -2.40. The zero-order valence-corrected chi connectivity index (χ0v) is 11.9. The summed E-state index contributed by atoms with van der Waals surface area (Å²) in [6.07, 6.45) is 5.74. The third kappa shape index (κ3) is 5.84. The van der Waals surface area contributed by atoms with Crippen molar-refractivity contribution in [2.75, 3.05) is 33.2 Å². The predicted molar refractivity (Wildman–Crippen MR) is 73.3 cm³/mol. The van der Waals surface area contributed by atoms with Crippen molar-refractivity contribution in [1.29, 1.82) is 0 Å².